The fourth-order valence-electron chi connectivity index (χ4n) is 3.83. The maximum Gasteiger partial charge on any atom is 0.226 e. The largest absolute Gasteiger partial charge is 0.481 e. The molecule has 0 bridgehead atoms. The Kier molecular flexibility index (Phi) is 5.85. The molecule has 32 heavy (non-hydrogen) atoms. The van der Waals surface area contributed by atoms with Crippen LogP contribution in [0.15, 0.2) is 16.7 Å². The van der Waals surface area contributed by atoms with Crippen LogP contribution in [0.5, 0.6) is 5.88 Å². The summed E-state index contributed by atoms with van der Waals surface area (Å²) >= 11 is 5.28. The number of hydrogen-bond acceptors (Lipinski definition) is 9. The summed E-state index contributed by atoms with van der Waals surface area (Å²) in [6.07, 6.45) is 3.16. The van der Waals surface area contributed by atoms with Gasteiger partial charge in [0.1, 0.15) is 5.52 Å². The predicted molar refractivity (Wildman–Crippen MR) is 128 cm³/mol. The highest BCUT2D eigenvalue weighted by molar-refractivity contribution is 9.10. The number of anilines is 1. The summed E-state index contributed by atoms with van der Waals surface area (Å²) in [5, 5.41) is -0.245. The molecule has 0 atom stereocenters. The Hall–Kier alpha value is -1.82. The van der Waals surface area contributed by atoms with Gasteiger partial charge in [-0.15, -0.1) is 11.3 Å². The third-order valence-corrected chi connectivity index (χ3v) is 10.2. The van der Waals surface area contributed by atoms with Crippen molar-refractivity contribution < 1.29 is 17.9 Å². The Labute approximate surface area is 199 Å². The van der Waals surface area contributed by atoms with Gasteiger partial charge in [0, 0.05) is 35.3 Å². The second-order valence-corrected chi connectivity index (χ2v) is 12.3. The molecular weight excluding hydrogens is 516 g/mol. The number of hydrogen-bond donors (Lipinski definition) is 0. The van der Waals surface area contributed by atoms with Crippen molar-refractivity contribution in [3.8, 4) is 17.1 Å². The van der Waals surface area contributed by atoms with E-state index in [-0.39, 0.29) is 11.0 Å². The summed E-state index contributed by atoms with van der Waals surface area (Å²) in [5.41, 5.74) is 2.91. The van der Waals surface area contributed by atoms with E-state index in [0.717, 1.165) is 56.8 Å². The Morgan fingerprint density at radius 1 is 1.28 bits per heavy atom. The van der Waals surface area contributed by atoms with Crippen LogP contribution >= 0.6 is 27.3 Å². The summed E-state index contributed by atoms with van der Waals surface area (Å²) in [5.74, 6) is 0.886. The Morgan fingerprint density at radius 2 is 2.03 bits per heavy atom. The van der Waals surface area contributed by atoms with E-state index in [2.05, 4.69) is 25.8 Å². The smallest absolute Gasteiger partial charge is 0.226 e. The molecule has 2 fully saturated rings. The first-order valence-electron chi connectivity index (χ1n) is 10.4. The number of methoxy groups -OCH3 is 1. The molecule has 1 saturated carbocycles. The highest BCUT2D eigenvalue weighted by Crippen LogP contribution is 2.41. The third-order valence-electron chi connectivity index (χ3n) is 5.70. The number of halogens is 1. The fourth-order valence-corrected chi connectivity index (χ4v) is 7.21. The third kappa shape index (κ3) is 4.11. The first-order valence-corrected chi connectivity index (χ1v) is 13.7. The van der Waals surface area contributed by atoms with Crippen molar-refractivity contribution in [1.82, 2.24) is 15.0 Å². The summed E-state index contributed by atoms with van der Waals surface area (Å²) in [4.78, 5) is 17.4. The molecule has 0 spiro atoms. The van der Waals surface area contributed by atoms with Gasteiger partial charge in [0.25, 0.3) is 0 Å². The van der Waals surface area contributed by atoms with Crippen molar-refractivity contribution >= 4 is 53.3 Å². The molecule has 8 nitrogen and oxygen atoms in total. The Morgan fingerprint density at radius 3 is 2.72 bits per heavy atom. The first kappa shape index (κ1) is 22.0. The number of nitrogens with zero attached hydrogens (tertiary/aromatic N) is 4. The lowest BCUT2D eigenvalue weighted by Crippen LogP contribution is -2.37. The van der Waals surface area contributed by atoms with Crippen LogP contribution in [-0.2, 0) is 20.3 Å². The maximum absolute atomic E-state index is 12.7. The number of morpholine rings is 1. The molecule has 1 aliphatic carbocycles. The first-order chi connectivity index (χ1) is 15.4. The SMILES string of the molecule is COc1ncc(-c2nc(N3CCOCC3)nc3c(Br)c(C)sc23)cc1CS(=O)(=O)C1CC1. The molecule has 0 unspecified atom stereocenters. The van der Waals surface area contributed by atoms with Crippen LogP contribution in [-0.4, -0.2) is 62.0 Å². The monoisotopic (exact) mass is 538 g/mol. The number of pyridine rings is 1. The topological polar surface area (TPSA) is 94.5 Å². The number of fused-ring (bicyclic) bond motifs is 1. The molecule has 1 saturated heterocycles. The van der Waals surface area contributed by atoms with Crippen LogP contribution in [0, 0.1) is 6.92 Å². The number of thiophene rings is 1. The standard InChI is InChI=1S/C21H23BrN4O4S2/c1-12-16(22)18-19(31-12)17(24-21(25-18)26-5-7-30-8-6-26)13-9-14(20(29-2)23-10-13)11-32(27,28)15-3-4-15/h9-10,15H,3-8,11H2,1-2H3. The van der Waals surface area contributed by atoms with Crippen LogP contribution < -0.4 is 9.64 Å². The van der Waals surface area contributed by atoms with Gasteiger partial charge in [0.2, 0.25) is 11.8 Å². The van der Waals surface area contributed by atoms with E-state index < -0.39 is 9.84 Å². The highest BCUT2D eigenvalue weighted by Gasteiger charge is 2.36. The highest BCUT2D eigenvalue weighted by atomic mass is 79.9. The van der Waals surface area contributed by atoms with E-state index in [9.17, 15) is 8.42 Å². The fraction of sp³-hybridized carbons (Fsp3) is 0.476. The molecule has 0 aromatic carbocycles. The average molecular weight is 539 g/mol. The van der Waals surface area contributed by atoms with E-state index in [1.54, 1.807) is 17.5 Å². The molecule has 11 heteroatoms. The molecular formula is C21H23BrN4O4S2. The number of aryl methyl sites for hydroxylation is 1. The van der Waals surface area contributed by atoms with E-state index in [1.165, 1.54) is 7.11 Å². The quantitative estimate of drug-likeness (QED) is 0.468. The minimum Gasteiger partial charge on any atom is -0.481 e. The number of ether oxygens (including phenoxy) is 2. The molecule has 0 N–H and O–H groups in total. The van der Waals surface area contributed by atoms with Crippen molar-refractivity contribution in [1.29, 1.82) is 0 Å². The molecule has 3 aromatic rings. The Balaban J connectivity index is 1.64. The molecule has 0 amide bonds. The van der Waals surface area contributed by atoms with Gasteiger partial charge >= 0.3 is 0 Å². The van der Waals surface area contributed by atoms with Gasteiger partial charge in [0.05, 0.1) is 46.2 Å². The number of aromatic nitrogens is 3. The minimum absolute atomic E-state index is 0.0839. The number of rotatable bonds is 6. The van der Waals surface area contributed by atoms with Crippen LogP contribution in [0.3, 0.4) is 0 Å². The zero-order valence-corrected chi connectivity index (χ0v) is 21.0. The second-order valence-electron chi connectivity index (χ2n) is 8.02. The van der Waals surface area contributed by atoms with E-state index in [1.807, 2.05) is 13.0 Å². The van der Waals surface area contributed by atoms with Crippen molar-refractivity contribution in [3.05, 3.63) is 27.2 Å². The molecule has 5 rings (SSSR count). The molecule has 2 aliphatic rings. The van der Waals surface area contributed by atoms with Gasteiger partial charge in [-0.3, -0.25) is 0 Å². The van der Waals surface area contributed by atoms with Gasteiger partial charge in [-0.2, -0.15) is 0 Å². The van der Waals surface area contributed by atoms with E-state index in [4.69, 9.17) is 19.4 Å². The molecule has 0 radical (unpaired) electrons. The van der Waals surface area contributed by atoms with Crippen molar-refractivity contribution in [2.45, 2.75) is 30.8 Å². The zero-order chi connectivity index (χ0) is 22.5. The summed E-state index contributed by atoms with van der Waals surface area (Å²) in [6, 6.07) is 1.85. The predicted octanol–water partition coefficient (Wildman–Crippen LogP) is 3.75. The van der Waals surface area contributed by atoms with Crippen LogP contribution in [0.2, 0.25) is 0 Å². The second kappa shape index (κ2) is 8.51. The van der Waals surface area contributed by atoms with Gasteiger partial charge in [-0.1, -0.05) is 0 Å². The van der Waals surface area contributed by atoms with E-state index >= 15 is 0 Å². The average Bonchev–Trinajstić information content (AvgIpc) is 3.61. The van der Waals surface area contributed by atoms with Crippen molar-refractivity contribution in [3.63, 3.8) is 0 Å². The zero-order valence-electron chi connectivity index (χ0n) is 17.8. The van der Waals surface area contributed by atoms with Crippen molar-refractivity contribution in [2.24, 2.45) is 0 Å². The lowest BCUT2D eigenvalue weighted by atomic mass is 10.1. The van der Waals surface area contributed by atoms with Gasteiger partial charge in [-0.05, 0) is 41.8 Å². The molecule has 1 aliphatic heterocycles. The minimum atomic E-state index is -3.22. The van der Waals surface area contributed by atoms with Crippen LogP contribution in [0.1, 0.15) is 23.3 Å². The summed E-state index contributed by atoms with van der Waals surface area (Å²) in [7, 11) is -1.71. The lowest BCUT2D eigenvalue weighted by molar-refractivity contribution is 0.122. The maximum atomic E-state index is 12.7. The summed E-state index contributed by atoms with van der Waals surface area (Å²) in [6.45, 7) is 4.74. The van der Waals surface area contributed by atoms with Gasteiger partial charge in [-0.25, -0.2) is 23.4 Å². The molecule has 4 heterocycles. The lowest BCUT2D eigenvalue weighted by Gasteiger charge is -2.27. The van der Waals surface area contributed by atoms with Crippen molar-refractivity contribution in [2.75, 3.05) is 38.3 Å². The molecule has 170 valence electrons. The van der Waals surface area contributed by atoms with Crippen LogP contribution in [0.25, 0.3) is 21.5 Å². The van der Waals surface area contributed by atoms with Gasteiger partial charge in [0.15, 0.2) is 9.84 Å². The Bertz CT molecular complexity index is 1280. The van der Waals surface area contributed by atoms with E-state index in [0.29, 0.717) is 30.6 Å². The normalized spacial score (nSPS) is 17.2. The number of sulfone groups is 1. The van der Waals surface area contributed by atoms with Crippen LogP contribution in [0.4, 0.5) is 5.95 Å². The van der Waals surface area contributed by atoms with Gasteiger partial charge < -0.3 is 14.4 Å². The molecule has 3 aromatic heterocycles. The summed E-state index contributed by atoms with van der Waals surface area (Å²) < 4.78 is 38.1.